The molecule has 1 aromatic carbocycles. The van der Waals surface area contributed by atoms with Crippen LogP contribution in [0.1, 0.15) is 5.56 Å². The Balaban J connectivity index is 2.62. The number of benzene rings is 1. The third kappa shape index (κ3) is 4.52. The SMILES string of the molecule is COc1ccc(CN(C)CC(O)CN)c(Cl)c1. The molecule has 1 rings (SSSR count). The van der Waals surface area contributed by atoms with Crippen LogP contribution in [-0.4, -0.2) is 43.4 Å². The lowest BCUT2D eigenvalue weighted by Gasteiger charge is -2.20. The summed E-state index contributed by atoms with van der Waals surface area (Å²) in [5, 5.41) is 10.1. The molecule has 96 valence electrons. The van der Waals surface area contributed by atoms with Crippen LogP contribution in [0.4, 0.5) is 0 Å². The van der Waals surface area contributed by atoms with Crippen LogP contribution in [0.5, 0.6) is 5.75 Å². The van der Waals surface area contributed by atoms with E-state index in [1.54, 1.807) is 13.2 Å². The lowest BCUT2D eigenvalue weighted by atomic mass is 10.2. The summed E-state index contributed by atoms with van der Waals surface area (Å²) in [5.41, 5.74) is 6.36. The molecule has 0 fully saturated rings. The van der Waals surface area contributed by atoms with Crippen molar-refractivity contribution in [3.05, 3.63) is 28.8 Å². The van der Waals surface area contributed by atoms with Gasteiger partial charge in [0.25, 0.3) is 0 Å². The van der Waals surface area contributed by atoms with Crippen LogP contribution >= 0.6 is 11.6 Å². The van der Waals surface area contributed by atoms with E-state index in [1.165, 1.54) is 0 Å². The summed E-state index contributed by atoms with van der Waals surface area (Å²) in [4.78, 5) is 1.98. The summed E-state index contributed by atoms with van der Waals surface area (Å²) in [7, 11) is 3.52. The van der Waals surface area contributed by atoms with E-state index < -0.39 is 6.10 Å². The second-order valence-corrected chi connectivity index (χ2v) is 4.45. The summed E-state index contributed by atoms with van der Waals surface area (Å²) < 4.78 is 5.08. The van der Waals surface area contributed by atoms with Crippen molar-refractivity contribution in [1.29, 1.82) is 0 Å². The monoisotopic (exact) mass is 258 g/mol. The summed E-state index contributed by atoms with van der Waals surface area (Å²) >= 11 is 6.13. The predicted octanol–water partition coefficient (Wildman–Crippen LogP) is 1.10. The van der Waals surface area contributed by atoms with Gasteiger partial charge in [-0.15, -0.1) is 0 Å². The van der Waals surface area contributed by atoms with E-state index >= 15 is 0 Å². The number of nitrogens with two attached hydrogens (primary N) is 1. The highest BCUT2D eigenvalue weighted by Gasteiger charge is 2.09. The summed E-state index contributed by atoms with van der Waals surface area (Å²) in [6.45, 7) is 1.46. The molecule has 0 saturated carbocycles. The molecule has 5 heteroatoms. The molecule has 0 amide bonds. The topological polar surface area (TPSA) is 58.7 Å². The smallest absolute Gasteiger partial charge is 0.120 e. The molecular weight excluding hydrogens is 240 g/mol. The van der Waals surface area contributed by atoms with Gasteiger partial charge in [0.05, 0.1) is 13.2 Å². The zero-order valence-corrected chi connectivity index (χ0v) is 10.9. The fourth-order valence-electron chi connectivity index (χ4n) is 1.57. The van der Waals surface area contributed by atoms with Gasteiger partial charge in [0.1, 0.15) is 5.75 Å². The van der Waals surface area contributed by atoms with Crippen LogP contribution in [0.3, 0.4) is 0 Å². The van der Waals surface area contributed by atoms with Gasteiger partial charge in [-0.3, -0.25) is 4.90 Å². The third-order valence-electron chi connectivity index (χ3n) is 2.49. The molecule has 0 bridgehead atoms. The van der Waals surface area contributed by atoms with Crippen molar-refractivity contribution in [2.24, 2.45) is 5.73 Å². The number of methoxy groups -OCH3 is 1. The van der Waals surface area contributed by atoms with Gasteiger partial charge in [-0.2, -0.15) is 0 Å². The molecule has 1 atom stereocenters. The molecule has 0 aliphatic heterocycles. The Morgan fingerprint density at radius 2 is 2.24 bits per heavy atom. The van der Waals surface area contributed by atoms with Gasteiger partial charge in [0.15, 0.2) is 0 Å². The van der Waals surface area contributed by atoms with Crippen LogP contribution in [0.2, 0.25) is 5.02 Å². The number of hydrogen-bond acceptors (Lipinski definition) is 4. The van der Waals surface area contributed by atoms with Gasteiger partial charge in [-0.1, -0.05) is 17.7 Å². The first-order valence-electron chi connectivity index (χ1n) is 5.46. The zero-order chi connectivity index (χ0) is 12.8. The average Bonchev–Trinajstić information content (AvgIpc) is 2.31. The predicted molar refractivity (Wildman–Crippen MR) is 69.4 cm³/mol. The minimum Gasteiger partial charge on any atom is -0.497 e. The summed E-state index contributed by atoms with van der Waals surface area (Å²) in [6, 6.07) is 5.57. The van der Waals surface area contributed by atoms with E-state index in [1.807, 2.05) is 24.1 Å². The average molecular weight is 259 g/mol. The van der Waals surface area contributed by atoms with Crippen LogP contribution in [0, 0.1) is 0 Å². The number of aliphatic hydroxyl groups is 1. The highest BCUT2D eigenvalue weighted by molar-refractivity contribution is 6.31. The van der Waals surface area contributed by atoms with Crippen molar-refractivity contribution in [2.45, 2.75) is 12.6 Å². The van der Waals surface area contributed by atoms with E-state index in [0.717, 1.165) is 11.3 Å². The fraction of sp³-hybridized carbons (Fsp3) is 0.500. The summed E-state index contributed by atoms with van der Waals surface area (Å²) in [6.07, 6.45) is -0.503. The summed E-state index contributed by atoms with van der Waals surface area (Å²) in [5.74, 6) is 0.739. The van der Waals surface area contributed by atoms with Crippen molar-refractivity contribution in [3.8, 4) is 5.75 Å². The Labute approximate surface area is 107 Å². The minimum atomic E-state index is -0.503. The molecule has 0 heterocycles. The highest BCUT2D eigenvalue weighted by Crippen LogP contribution is 2.23. The minimum absolute atomic E-state index is 0.265. The molecule has 0 saturated heterocycles. The Bertz CT molecular complexity index is 360. The number of ether oxygens (including phenoxy) is 1. The fourth-order valence-corrected chi connectivity index (χ4v) is 1.80. The lowest BCUT2D eigenvalue weighted by molar-refractivity contribution is 0.129. The van der Waals surface area contributed by atoms with Crippen molar-refractivity contribution in [3.63, 3.8) is 0 Å². The zero-order valence-electron chi connectivity index (χ0n) is 10.2. The van der Waals surface area contributed by atoms with Crippen LogP contribution in [-0.2, 0) is 6.54 Å². The number of hydrogen-bond donors (Lipinski definition) is 2. The maximum atomic E-state index is 9.44. The Morgan fingerprint density at radius 1 is 1.53 bits per heavy atom. The molecule has 17 heavy (non-hydrogen) atoms. The van der Waals surface area contributed by atoms with Crippen LogP contribution in [0.25, 0.3) is 0 Å². The van der Waals surface area contributed by atoms with Crippen molar-refractivity contribution in [1.82, 2.24) is 4.90 Å². The van der Waals surface area contributed by atoms with Crippen molar-refractivity contribution < 1.29 is 9.84 Å². The first kappa shape index (κ1) is 14.3. The van der Waals surface area contributed by atoms with Crippen LogP contribution < -0.4 is 10.5 Å². The Morgan fingerprint density at radius 3 is 2.76 bits per heavy atom. The van der Waals surface area contributed by atoms with Gasteiger partial charge < -0.3 is 15.6 Å². The number of halogens is 1. The Kier molecular flexibility index (Phi) is 5.71. The molecule has 3 N–H and O–H groups in total. The molecule has 1 unspecified atom stereocenters. The first-order chi connectivity index (χ1) is 8.06. The van der Waals surface area contributed by atoms with Crippen LogP contribution in [0.15, 0.2) is 18.2 Å². The molecule has 0 spiro atoms. The first-order valence-corrected chi connectivity index (χ1v) is 5.83. The number of rotatable bonds is 6. The quantitative estimate of drug-likeness (QED) is 0.802. The number of nitrogens with zero attached hydrogens (tertiary/aromatic N) is 1. The molecule has 0 aromatic heterocycles. The van der Waals surface area contributed by atoms with Gasteiger partial charge in [-0.05, 0) is 24.7 Å². The molecule has 4 nitrogen and oxygen atoms in total. The lowest BCUT2D eigenvalue weighted by Crippen LogP contribution is -2.33. The van der Waals surface area contributed by atoms with Gasteiger partial charge in [0.2, 0.25) is 0 Å². The van der Waals surface area contributed by atoms with Crippen molar-refractivity contribution >= 4 is 11.6 Å². The van der Waals surface area contributed by atoms with Gasteiger partial charge >= 0.3 is 0 Å². The van der Waals surface area contributed by atoms with Gasteiger partial charge in [0, 0.05) is 24.7 Å². The van der Waals surface area contributed by atoms with E-state index in [4.69, 9.17) is 22.1 Å². The van der Waals surface area contributed by atoms with E-state index in [2.05, 4.69) is 0 Å². The molecular formula is C12H19ClN2O2. The van der Waals surface area contributed by atoms with Crippen molar-refractivity contribution in [2.75, 3.05) is 27.2 Å². The molecule has 0 radical (unpaired) electrons. The standard InChI is InChI=1S/C12H19ClN2O2/c1-15(8-10(16)6-14)7-9-3-4-11(17-2)5-12(9)13/h3-5,10,16H,6-8,14H2,1-2H3. The Hall–Kier alpha value is -0.810. The van der Waals surface area contributed by atoms with E-state index in [0.29, 0.717) is 18.1 Å². The third-order valence-corrected chi connectivity index (χ3v) is 2.85. The second kappa shape index (κ2) is 6.81. The normalized spacial score (nSPS) is 12.8. The highest BCUT2D eigenvalue weighted by atomic mass is 35.5. The maximum absolute atomic E-state index is 9.44. The molecule has 0 aliphatic carbocycles. The largest absolute Gasteiger partial charge is 0.497 e. The maximum Gasteiger partial charge on any atom is 0.120 e. The molecule has 1 aromatic rings. The van der Waals surface area contributed by atoms with E-state index in [-0.39, 0.29) is 6.54 Å². The number of likely N-dealkylation sites (N-methyl/N-ethyl adjacent to an activating group) is 1. The number of aliphatic hydroxyl groups excluding tert-OH is 1. The van der Waals surface area contributed by atoms with Gasteiger partial charge in [-0.25, -0.2) is 0 Å². The molecule has 0 aliphatic rings. The van der Waals surface area contributed by atoms with E-state index in [9.17, 15) is 5.11 Å². The second-order valence-electron chi connectivity index (χ2n) is 4.04.